The number of nitrogens with one attached hydrogen (secondary N) is 1. The molecule has 0 unspecified atom stereocenters. The summed E-state index contributed by atoms with van der Waals surface area (Å²) in [4.78, 5) is 13.8. The maximum Gasteiger partial charge on any atom is 0.250 e. The fourth-order valence-corrected chi connectivity index (χ4v) is 1.23. The number of rotatable bonds is 1. The Morgan fingerprint density at radius 1 is 1.50 bits per heavy atom. The van der Waals surface area contributed by atoms with Crippen LogP contribution >= 0.6 is 0 Å². The second-order valence-corrected chi connectivity index (χ2v) is 3.18. The lowest BCUT2D eigenvalue weighted by Crippen LogP contribution is -2.07. The molecule has 0 aliphatic rings. The van der Waals surface area contributed by atoms with Gasteiger partial charge in [0.25, 0.3) is 5.56 Å². The lowest BCUT2D eigenvalue weighted by Gasteiger charge is -1.95. The summed E-state index contributed by atoms with van der Waals surface area (Å²) in [5, 5.41) is 7.77. The van der Waals surface area contributed by atoms with E-state index in [2.05, 4.69) is 15.3 Å². The van der Waals surface area contributed by atoms with Crippen LogP contribution in [-0.2, 0) is 7.05 Å². The monoisotopic (exact) mass is 190 g/mol. The molecule has 5 nitrogen and oxygen atoms in total. The maximum absolute atomic E-state index is 11.1. The average molecular weight is 190 g/mol. The first-order chi connectivity index (χ1) is 6.66. The van der Waals surface area contributed by atoms with Crippen molar-refractivity contribution < 1.29 is 0 Å². The van der Waals surface area contributed by atoms with Gasteiger partial charge in [-0.1, -0.05) is 5.21 Å². The number of pyridine rings is 1. The van der Waals surface area contributed by atoms with Gasteiger partial charge in [0.05, 0.1) is 6.20 Å². The highest BCUT2D eigenvalue weighted by Crippen LogP contribution is 2.13. The summed E-state index contributed by atoms with van der Waals surface area (Å²) >= 11 is 0. The fraction of sp³-hybridized carbons (Fsp3) is 0.222. The summed E-state index contributed by atoms with van der Waals surface area (Å²) in [5.41, 5.74) is 2.23. The van der Waals surface area contributed by atoms with Crippen molar-refractivity contribution in [3.63, 3.8) is 0 Å². The van der Waals surface area contributed by atoms with E-state index in [1.807, 2.05) is 0 Å². The molecule has 2 aromatic rings. The summed E-state index contributed by atoms with van der Waals surface area (Å²) in [6, 6.07) is 1.79. The van der Waals surface area contributed by atoms with Crippen LogP contribution in [0, 0.1) is 6.92 Å². The van der Waals surface area contributed by atoms with E-state index < -0.39 is 0 Å². The molecule has 1 N–H and O–H groups in total. The first-order valence-corrected chi connectivity index (χ1v) is 4.23. The molecule has 5 heteroatoms. The SMILES string of the molecule is Cc1cc(-c2cn(C)nn2)c[nH]c1=O. The van der Waals surface area contributed by atoms with Crippen LogP contribution in [0.2, 0.25) is 0 Å². The first kappa shape index (κ1) is 8.68. The number of aromatic amines is 1. The molecule has 0 saturated heterocycles. The summed E-state index contributed by atoms with van der Waals surface area (Å²) < 4.78 is 1.62. The molecule has 0 spiro atoms. The zero-order chi connectivity index (χ0) is 10.1. The van der Waals surface area contributed by atoms with E-state index in [9.17, 15) is 4.79 Å². The average Bonchev–Trinajstić information content (AvgIpc) is 2.57. The summed E-state index contributed by atoms with van der Waals surface area (Å²) in [6.45, 7) is 1.76. The molecule has 2 aromatic heterocycles. The van der Waals surface area contributed by atoms with E-state index in [1.165, 1.54) is 0 Å². The summed E-state index contributed by atoms with van der Waals surface area (Å²) in [5.74, 6) is 0. The molecule has 0 atom stereocenters. The predicted molar refractivity (Wildman–Crippen MR) is 51.8 cm³/mol. The van der Waals surface area contributed by atoms with Crippen LogP contribution in [0.3, 0.4) is 0 Å². The summed E-state index contributed by atoms with van der Waals surface area (Å²) in [6.07, 6.45) is 3.44. The van der Waals surface area contributed by atoms with Crippen LogP contribution in [0.25, 0.3) is 11.3 Å². The molecule has 0 aliphatic carbocycles. The van der Waals surface area contributed by atoms with Gasteiger partial charge in [-0.3, -0.25) is 9.48 Å². The van der Waals surface area contributed by atoms with E-state index in [0.29, 0.717) is 5.56 Å². The Kier molecular flexibility index (Phi) is 1.92. The second-order valence-electron chi connectivity index (χ2n) is 3.18. The molecule has 0 radical (unpaired) electrons. The largest absolute Gasteiger partial charge is 0.328 e. The van der Waals surface area contributed by atoms with Gasteiger partial charge < -0.3 is 4.98 Å². The van der Waals surface area contributed by atoms with Crippen molar-refractivity contribution >= 4 is 0 Å². The van der Waals surface area contributed by atoms with Gasteiger partial charge in [-0.25, -0.2) is 0 Å². The number of hydrogen-bond donors (Lipinski definition) is 1. The third-order valence-electron chi connectivity index (χ3n) is 1.99. The Hall–Kier alpha value is -1.91. The molecule has 0 amide bonds. The molecule has 72 valence electrons. The maximum atomic E-state index is 11.1. The summed E-state index contributed by atoms with van der Waals surface area (Å²) in [7, 11) is 1.80. The first-order valence-electron chi connectivity index (χ1n) is 4.23. The van der Waals surface area contributed by atoms with Gasteiger partial charge >= 0.3 is 0 Å². The zero-order valence-corrected chi connectivity index (χ0v) is 7.98. The number of nitrogens with zero attached hydrogens (tertiary/aromatic N) is 3. The Morgan fingerprint density at radius 3 is 2.86 bits per heavy atom. The minimum absolute atomic E-state index is 0.0716. The molecule has 0 saturated carbocycles. The molecular weight excluding hydrogens is 180 g/mol. The van der Waals surface area contributed by atoms with Crippen molar-refractivity contribution in [2.24, 2.45) is 7.05 Å². The minimum Gasteiger partial charge on any atom is -0.328 e. The molecule has 0 aliphatic heterocycles. The number of aryl methyl sites for hydroxylation is 2. The van der Waals surface area contributed by atoms with E-state index in [1.54, 1.807) is 37.1 Å². The lowest BCUT2D eigenvalue weighted by atomic mass is 10.2. The molecule has 0 aromatic carbocycles. The van der Waals surface area contributed by atoms with Gasteiger partial charge in [0, 0.05) is 24.4 Å². The third-order valence-corrected chi connectivity index (χ3v) is 1.99. The van der Waals surface area contributed by atoms with E-state index >= 15 is 0 Å². The second kappa shape index (κ2) is 3.10. The van der Waals surface area contributed by atoms with Crippen molar-refractivity contribution in [3.8, 4) is 11.3 Å². The number of aromatic nitrogens is 4. The highest BCUT2D eigenvalue weighted by Gasteiger charge is 2.03. The molecule has 14 heavy (non-hydrogen) atoms. The third kappa shape index (κ3) is 1.44. The van der Waals surface area contributed by atoms with Crippen LogP contribution < -0.4 is 5.56 Å². The van der Waals surface area contributed by atoms with Gasteiger partial charge in [-0.05, 0) is 13.0 Å². The van der Waals surface area contributed by atoms with Crippen molar-refractivity contribution in [3.05, 3.63) is 34.4 Å². The van der Waals surface area contributed by atoms with Gasteiger partial charge in [0.2, 0.25) is 0 Å². The zero-order valence-electron chi connectivity index (χ0n) is 7.98. The van der Waals surface area contributed by atoms with Gasteiger partial charge in [0.15, 0.2) is 0 Å². The van der Waals surface area contributed by atoms with E-state index in [0.717, 1.165) is 11.3 Å². The normalized spacial score (nSPS) is 10.4. The molecule has 0 bridgehead atoms. The Balaban J connectivity index is 2.52. The van der Waals surface area contributed by atoms with Gasteiger partial charge in [-0.2, -0.15) is 0 Å². The Labute approximate surface area is 80.4 Å². The van der Waals surface area contributed by atoms with Gasteiger partial charge in [0.1, 0.15) is 5.69 Å². The molecule has 0 fully saturated rings. The Bertz CT molecular complexity index is 512. The molecule has 2 heterocycles. The van der Waals surface area contributed by atoms with Crippen molar-refractivity contribution in [2.75, 3.05) is 0 Å². The highest BCUT2D eigenvalue weighted by atomic mass is 16.1. The van der Waals surface area contributed by atoms with E-state index in [4.69, 9.17) is 0 Å². The fourth-order valence-electron chi connectivity index (χ4n) is 1.23. The minimum atomic E-state index is -0.0716. The quantitative estimate of drug-likeness (QED) is 0.711. The van der Waals surface area contributed by atoms with Crippen LogP contribution in [0.1, 0.15) is 5.56 Å². The van der Waals surface area contributed by atoms with E-state index in [-0.39, 0.29) is 5.56 Å². The van der Waals surface area contributed by atoms with Crippen LogP contribution in [0.5, 0.6) is 0 Å². The van der Waals surface area contributed by atoms with Crippen molar-refractivity contribution in [2.45, 2.75) is 6.92 Å². The number of hydrogen-bond acceptors (Lipinski definition) is 3. The standard InChI is InChI=1S/C9H10N4O/c1-6-3-7(4-10-9(6)14)8-5-13(2)12-11-8/h3-5H,1-2H3,(H,10,14). The van der Waals surface area contributed by atoms with Crippen LogP contribution in [0.4, 0.5) is 0 Å². The molecule has 2 rings (SSSR count). The number of H-pyrrole nitrogens is 1. The van der Waals surface area contributed by atoms with Crippen LogP contribution in [-0.4, -0.2) is 20.0 Å². The van der Waals surface area contributed by atoms with Crippen molar-refractivity contribution in [1.29, 1.82) is 0 Å². The predicted octanol–water partition coefficient (Wildman–Crippen LogP) is 0.479. The topological polar surface area (TPSA) is 63.6 Å². The lowest BCUT2D eigenvalue weighted by molar-refractivity contribution is 0.715. The Morgan fingerprint density at radius 2 is 2.29 bits per heavy atom. The molecular formula is C9H10N4O. The van der Waals surface area contributed by atoms with Crippen LogP contribution in [0.15, 0.2) is 23.3 Å². The smallest absolute Gasteiger partial charge is 0.250 e. The highest BCUT2D eigenvalue weighted by molar-refractivity contribution is 5.56. The van der Waals surface area contributed by atoms with Crippen molar-refractivity contribution in [1.82, 2.24) is 20.0 Å². The van der Waals surface area contributed by atoms with Gasteiger partial charge in [-0.15, -0.1) is 5.10 Å².